The highest BCUT2D eigenvalue weighted by Gasteiger charge is 2.47. The molecule has 0 bridgehead atoms. The average molecular weight is 1800 g/mol. The number of hydrogen-bond acceptors (Lipinski definition) is 22. The van der Waals surface area contributed by atoms with E-state index < -0.39 is 236 Å². The Bertz CT molecular complexity index is 4830. The van der Waals surface area contributed by atoms with Crippen LogP contribution in [0.2, 0.25) is 0 Å². The summed E-state index contributed by atoms with van der Waals surface area (Å²) in [4.78, 5) is 259. The number of phenols is 1. The lowest BCUT2D eigenvalue weighted by Crippen LogP contribution is -2.62. The van der Waals surface area contributed by atoms with Gasteiger partial charge in [0.25, 0.3) is 0 Å². The molecule has 40 heteroatoms. The van der Waals surface area contributed by atoms with Gasteiger partial charge < -0.3 is 114 Å². The summed E-state index contributed by atoms with van der Waals surface area (Å²) in [5, 5.41) is 68.0. The number of hydrogen-bond donors (Lipinski definition) is 17. The van der Waals surface area contributed by atoms with Gasteiger partial charge in [0.05, 0.1) is 43.4 Å². The maximum absolute atomic E-state index is 15.6. The number of aromatic amines is 2. The fraction of sp³-hybridized carbons (Fsp3) is 0.557. The fourth-order valence-electron chi connectivity index (χ4n) is 16.7. The molecule has 4 fully saturated rings. The molecule has 4 aliphatic heterocycles. The number of carboxylic acids is 1. The summed E-state index contributed by atoms with van der Waals surface area (Å²) in [6, 6.07) is 0.486. The molecule has 19 N–H and O–H groups in total. The zero-order valence-corrected chi connectivity index (χ0v) is 74.0. The van der Waals surface area contributed by atoms with Crippen molar-refractivity contribution < 1.29 is 102 Å². The summed E-state index contributed by atoms with van der Waals surface area (Å²) in [7, 11) is 2.73. The predicted molar refractivity (Wildman–Crippen MR) is 470 cm³/mol. The summed E-state index contributed by atoms with van der Waals surface area (Å²) in [6.07, 6.45) is 1.73. The lowest BCUT2D eigenvalue weighted by atomic mass is 9.93. The molecule has 3 aromatic carbocycles. The first-order chi connectivity index (χ1) is 61.0. The van der Waals surface area contributed by atoms with E-state index in [0.717, 1.165) is 21.6 Å². The Kier molecular flexibility index (Phi) is 36.7. The van der Waals surface area contributed by atoms with Crippen LogP contribution in [0.4, 0.5) is 0 Å². The second-order valence-corrected chi connectivity index (χ2v) is 34.8. The van der Waals surface area contributed by atoms with Crippen molar-refractivity contribution >= 4 is 134 Å². The number of unbranched alkanes of at least 4 members (excludes halogenated alkanes) is 2. The fourth-order valence-corrected chi connectivity index (χ4v) is 17.6. The quantitative estimate of drug-likeness (QED) is 0.0421. The first-order valence-electron chi connectivity index (χ1n) is 43.7. The van der Waals surface area contributed by atoms with Crippen LogP contribution in [0.1, 0.15) is 148 Å². The summed E-state index contributed by atoms with van der Waals surface area (Å²) < 4.78 is 0. The number of benzene rings is 3. The number of aromatic nitrogens is 2. The number of fused-ring (bicyclic) bond motifs is 5. The molecule has 0 radical (unpaired) electrons. The van der Waals surface area contributed by atoms with E-state index in [1.165, 1.54) is 60.0 Å². The second-order valence-electron chi connectivity index (χ2n) is 33.8. The minimum absolute atomic E-state index is 0.0112. The van der Waals surface area contributed by atoms with E-state index in [9.17, 15) is 68.4 Å². The summed E-state index contributed by atoms with van der Waals surface area (Å²) in [5.41, 5.74) is 14.4. The van der Waals surface area contributed by atoms with Crippen LogP contribution >= 0.6 is 11.8 Å². The maximum atomic E-state index is 15.6. The van der Waals surface area contributed by atoms with Gasteiger partial charge in [0.1, 0.15) is 78.3 Å². The highest BCUT2D eigenvalue weighted by molar-refractivity contribution is 8.00. The minimum Gasteiger partial charge on any atom is -0.508 e. The van der Waals surface area contributed by atoms with Crippen LogP contribution in [0, 0.1) is 11.8 Å². The third kappa shape index (κ3) is 26.6. The molecule has 15 atom stereocenters. The van der Waals surface area contributed by atoms with E-state index in [2.05, 4.69) is 57.8 Å². The molecule has 6 heterocycles. The molecular weight excluding hydrogens is 1680 g/mol. The number of aliphatic hydroxyl groups excluding tert-OH is 2. The molecule has 0 unspecified atom stereocenters. The van der Waals surface area contributed by atoms with Gasteiger partial charge >= 0.3 is 5.97 Å². The van der Waals surface area contributed by atoms with E-state index in [1.54, 1.807) is 74.8 Å². The number of likely N-dealkylation sites (N-methyl/N-ethyl adjacent to an activating group) is 2. The monoisotopic (exact) mass is 1800 g/mol. The van der Waals surface area contributed by atoms with Crippen molar-refractivity contribution in [1.29, 1.82) is 0 Å². The average Bonchev–Trinajstić information content (AvgIpc) is 1.78. The first kappa shape index (κ1) is 99.7. The number of rotatable bonds is 21. The molecule has 0 spiro atoms. The van der Waals surface area contributed by atoms with Crippen molar-refractivity contribution in [2.24, 2.45) is 23.3 Å². The first-order valence-corrected chi connectivity index (χ1v) is 44.8. The molecule has 0 aliphatic carbocycles. The number of H-pyrrole nitrogens is 2. The number of carbonyl (C=O) groups excluding carboxylic acids is 16. The van der Waals surface area contributed by atoms with E-state index in [0.29, 0.717) is 77.0 Å². The van der Waals surface area contributed by atoms with Crippen molar-refractivity contribution in [3.8, 4) is 5.75 Å². The normalized spacial score (nSPS) is 26.1. The van der Waals surface area contributed by atoms with Gasteiger partial charge in [-0.3, -0.25) is 81.5 Å². The van der Waals surface area contributed by atoms with Gasteiger partial charge in [-0.2, -0.15) is 0 Å². The molecule has 4 aliphatic rings. The number of carbonyl (C=O) groups is 17. The third-order valence-electron chi connectivity index (χ3n) is 23.8. The Morgan fingerprint density at radius 2 is 1.10 bits per heavy atom. The molecular formula is C88H122N18O21S. The molecule has 4 saturated heterocycles. The highest BCUT2D eigenvalue weighted by Crippen LogP contribution is 2.29. The predicted octanol–water partition coefficient (Wildman–Crippen LogP) is -0.955. The molecule has 5 aromatic rings. The number of nitrogens with zero attached hydrogens (tertiary/aromatic N) is 5. The van der Waals surface area contributed by atoms with Gasteiger partial charge in [0, 0.05) is 112 Å². The summed E-state index contributed by atoms with van der Waals surface area (Å²) in [5.74, 6) is -18.8. The number of amides is 15. The van der Waals surface area contributed by atoms with E-state index in [1.807, 2.05) is 13.8 Å². The number of ketones is 1. The SMILES string of the molecule is CCCC[C@H]1C(=O)N(C)[C@@H](CCCC)C(=O)N[C@@H](C)C(=O)N[C@H](C(=O)NCC(N)=O)CSCC(=O)N[C@@H](Cc2ccc(O)cc2)C(=O)N2CCCC[C@H]2C(=O)N[C@@H](CC(=O)O)C(=O)N2CCC[C@H]2C(=O)N[C@@H](CN)C(=O)N[C@@H](CC(C)C)C(=O)N2C[C@H](O)C[C@H]2C(=O)N[C@@H](Cc2c[nH]c3ccccc23)C(=O)C[C@@H](CO)C(=O)N[C@@H](Cc2c[nH]c3ccccc23)C(=O)N1C. The number of aromatic hydroxyl groups is 1. The molecule has 39 nitrogen and oxygen atoms in total. The highest BCUT2D eigenvalue weighted by atomic mass is 32.2. The van der Waals surface area contributed by atoms with Crippen molar-refractivity contribution in [2.45, 2.75) is 235 Å². The number of primary amides is 1. The zero-order valence-electron chi connectivity index (χ0n) is 73.2. The summed E-state index contributed by atoms with van der Waals surface area (Å²) >= 11 is 0.795. The van der Waals surface area contributed by atoms with Gasteiger partial charge in [-0.15, -0.1) is 11.8 Å². The van der Waals surface area contributed by atoms with Crippen LogP contribution in [0.5, 0.6) is 5.75 Å². The number of nitrogens with one attached hydrogen (secondary N) is 11. The van der Waals surface area contributed by atoms with E-state index in [-0.39, 0.29) is 94.7 Å². The van der Waals surface area contributed by atoms with E-state index >= 15 is 33.6 Å². The number of carboxylic acid groups (broad SMARTS) is 1. The Morgan fingerprint density at radius 3 is 1.70 bits per heavy atom. The number of Topliss-reactive ketones (excluding diaryl/α,β-unsaturated/α-hetero) is 1. The Labute approximate surface area is 745 Å². The van der Waals surface area contributed by atoms with Crippen LogP contribution in [-0.2, 0) is 101 Å². The van der Waals surface area contributed by atoms with Crippen LogP contribution in [0.3, 0.4) is 0 Å². The minimum atomic E-state index is -1.86. The van der Waals surface area contributed by atoms with Crippen LogP contribution in [0.15, 0.2) is 85.2 Å². The second kappa shape index (κ2) is 47.1. The van der Waals surface area contributed by atoms with Crippen molar-refractivity contribution in [2.75, 3.05) is 64.9 Å². The lowest BCUT2D eigenvalue weighted by molar-refractivity contribution is -0.149. The Balaban J connectivity index is 1.07. The Morgan fingerprint density at radius 1 is 0.570 bits per heavy atom. The topological polar surface area (TPSA) is 579 Å². The number of thioether (sulfide) groups is 1. The molecule has 696 valence electrons. The van der Waals surface area contributed by atoms with E-state index in [4.69, 9.17) is 11.5 Å². The smallest absolute Gasteiger partial charge is 0.305 e. The van der Waals surface area contributed by atoms with Crippen LogP contribution in [0.25, 0.3) is 21.8 Å². The Hall–Kier alpha value is -12.0. The van der Waals surface area contributed by atoms with Gasteiger partial charge in [-0.1, -0.05) is 102 Å². The van der Waals surface area contributed by atoms with Crippen LogP contribution < -0.4 is 59.3 Å². The largest absolute Gasteiger partial charge is 0.508 e. The zero-order chi connectivity index (χ0) is 93.3. The number of para-hydroxylation sites is 2. The van der Waals surface area contributed by atoms with Crippen LogP contribution in [-0.4, -0.2) is 305 Å². The van der Waals surface area contributed by atoms with Crippen molar-refractivity contribution in [3.05, 3.63) is 102 Å². The van der Waals surface area contributed by atoms with Gasteiger partial charge in [0.2, 0.25) is 88.6 Å². The molecule has 128 heavy (non-hydrogen) atoms. The standard InChI is InChI=1S/C88H122N18O21S/c1-8-10-23-67-80(119)94-49(5)76(115)101-66(78(117)93-43-73(90)111)46-128-47-74(112)95-62(34-50-27-29-54(108)30-28-50)85(124)104-31-17-16-25-68(104)81(120)99-64(39-75(113)114)86(125)105-32-18-26-69(105)82(121)100-65(40-89)79(118)98-61(33-48(3)4)87(126)106-44-55(109)38-71(106)83(122)96-60(35-51-41-91-58-21-14-12-19-56(51)58)72(110)37-53(45-107)77(116)97-63(36-52-42-92-59-22-15-13-20-57(52)59)84(123)103(7)70(24-11-9-2)88(127)102(67)6/h12-15,19-22,27-30,41-42,48-49,53,55,60-71,91-92,107-109H,8-11,16-18,23-26,31-40,43-47,89H2,1-7H3,(H2,90,111)(H,93,117)(H,94,119)(H,95,112)(H,96,122)(H,97,116)(H,98,118)(H,99,120)(H,100,121)(H,101,115)(H,113,114)/t49-,53-,55+,60-,61-,62-,63-,64-,65-,66-,67-,68-,69-,70-,71-/m0/s1. The number of aliphatic carboxylic acids is 1. The van der Waals surface area contributed by atoms with Crippen molar-refractivity contribution in [1.82, 2.24) is 82.3 Å². The van der Waals surface area contributed by atoms with Gasteiger partial charge in [-0.05, 0) is 105 Å². The molecule has 2 aromatic heterocycles. The number of aliphatic hydroxyl groups is 2. The van der Waals surface area contributed by atoms with Gasteiger partial charge in [0.15, 0.2) is 5.78 Å². The van der Waals surface area contributed by atoms with Crippen molar-refractivity contribution in [3.63, 3.8) is 0 Å². The third-order valence-corrected chi connectivity index (χ3v) is 24.8. The number of piperidine rings is 1. The maximum Gasteiger partial charge on any atom is 0.305 e. The van der Waals surface area contributed by atoms with Gasteiger partial charge in [-0.25, -0.2) is 0 Å². The molecule has 9 rings (SSSR count). The summed E-state index contributed by atoms with van der Waals surface area (Å²) in [6.45, 7) is 5.58. The lowest BCUT2D eigenvalue weighted by Gasteiger charge is -2.38. The molecule has 15 amide bonds. The number of phenolic OH excluding ortho intramolecular Hbond substituents is 1. The number of nitrogens with two attached hydrogens (primary N) is 2. The molecule has 0 saturated carbocycles.